The van der Waals surface area contributed by atoms with E-state index in [0.29, 0.717) is 24.7 Å². The lowest BCUT2D eigenvalue weighted by atomic mass is 10.2. The molecule has 6 nitrogen and oxygen atoms in total. The second kappa shape index (κ2) is 8.55. The molecule has 0 saturated heterocycles. The molecule has 0 aliphatic carbocycles. The van der Waals surface area contributed by atoms with Crippen molar-refractivity contribution in [2.45, 2.75) is 27.2 Å². The summed E-state index contributed by atoms with van der Waals surface area (Å²) in [6.45, 7) is 1.69. The van der Waals surface area contributed by atoms with Crippen molar-refractivity contribution in [1.82, 2.24) is 9.78 Å². The van der Waals surface area contributed by atoms with Crippen molar-refractivity contribution in [1.29, 1.82) is 0 Å². The van der Waals surface area contributed by atoms with E-state index < -0.39 is 6.61 Å². The standard InChI is InChI=1S/C15H18F2N4O2S/c1-3-22-9-21-8-11(7-18-21)19-15(24)20-12-5-4-10(2)6-13(12)23-14(16)17/h4-8,14H,3,9H2,1-2H3,(H2,19,20,24). The summed E-state index contributed by atoms with van der Waals surface area (Å²) in [4.78, 5) is 0. The minimum Gasteiger partial charge on any atom is -0.433 e. The average Bonchev–Trinajstić information content (AvgIpc) is 2.94. The third kappa shape index (κ3) is 5.43. The SMILES string of the molecule is CCOCn1cc(NC(=S)Nc2ccc(C)cc2OC(F)F)cn1. The van der Waals surface area contributed by atoms with E-state index in [1.165, 1.54) is 6.07 Å². The van der Waals surface area contributed by atoms with Crippen LogP contribution < -0.4 is 15.4 Å². The number of ether oxygens (including phenoxy) is 2. The summed E-state index contributed by atoms with van der Waals surface area (Å²) in [7, 11) is 0. The third-order valence-electron chi connectivity index (χ3n) is 2.92. The van der Waals surface area contributed by atoms with E-state index in [1.807, 2.05) is 6.92 Å². The lowest BCUT2D eigenvalue weighted by Gasteiger charge is -2.14. The zero-order valence-corrected chi connectivity index (χ0v) is 14.1. The summed E-state index contributed by atoms with van der Waals surface area (Å²) in [6, 6.07) is 4.90. The Morgan fingerprint density at radius 1 is 1.38 bits per heavy atom. The maximum atomic E-state index is 12.5. The second-order valence-electron chi connectivity index (χ2n) is 4.85. The number of thiocarbonyl (C=S) groups is 1. The minimum absolute atomic E-state index is 0.0289. The van der Waals surface area contributed by atoms with Gasteiger partial charge in [-0.3, -0.25) is 0 Å². The van der Waals surface area contributed by atoms with Gasteiger partial charge in [-0.1, -0.05) is 6.07 Å². The summed E-state index contributed by atoms with van der Waals surface area (Å²) in [5, 5.41) is 10.1. The molecule has 1 aromatic heterocycles. The molecule has 0 spiro atoms. The Balaban J connectivity index is 2.00. The Kier molecular flexibility index (Phi) is 6.44. The van der Waals surface area contributed by atoms with Gasteiger partial charge in [0.25, 0.3) is 0 Å². The van der Waals surface area contributed by atoms with Gasteiger partial charge in [-0.05, 0) is 43.8 Å². The topological polar surface area (TPSA) is 60.3 Å². The molecule has 0 unspecified atom stereocenters. The molecular weight excluding hydrogens is 338 g/mol. The van der Waals surface area contributed by atoms with E-state index in [0.717, 1.165) is 5.56 Å². The van der Waals surface area contributed by atoms with Crippen LogP contribution in [0.3, 0.4) is 0 Å². The number of aryl methyl sites for hydroxylation is 1. The molecule has 0 atom stereocenters. The fourth-order valence-electron chi connectivity index (χ4n) is 1.89. The van der Waals surface area contributed by atoms with Crippen LogP contribution in [0.4, 0.5) is 20.2 Å². The van der Waals surface area contributed by atoms with Gasteiger partial charge in [0.1, 0.15) is 12.5 Å². The van der Waals surface area contributed by atoms with Crippen molar-refractivity contribution in [3.8, 4) is 5.75 Å². The van der Waals surface area contributed by atoms with Crippen LogP contribution in [0.15, 0.2) is 30.6 Å². The molecule has 2 N–H and O–H groups in total. The second-order valence-corrected chi connectivity index (χ2v) is 5.26. The normalized spacial score (nSPS) is 10.7. The molecule has 0 saturated carbocycles. The molecule has 1 heterocycles. The van der Waals surface area contributed by atoms with Crippen LogP contribution in [-0.2, 0) is 11.5 Å². The summed E-state index contributed by atoms with van der Waals surface area (Å²) < 4.78 is 36.3. The molecule has 0 amide bonds. The molecule has 9 heteroatoms. The summed E-state index contributed by atoms with van der Waals surface area (Å²) in [5.74, 6) is 0.0289. The first-order valence-corrected chi connectivity index (χ1v) is 7.62. The predicted octanol–water partition coefficient (Wildman–Crippen LogP) is 3.60. The molecular formula is C15H18F2N4O2S. The van der Waals surface area contributed by atoms with E-state index in [4.69, 9.17) is 17.0 Å². The quantitative estimate of drug-likeness (QED) is 0.740. The number of anilines is 2. The van der Waals surface area contributed by atoms with Gasteiger partial charge in [0.2, 0.25) is 0 Å². The summed E-state index contributed by atoms with van der Waals surface area (Å²) in [5.41, 5.74) is 1.79. The van der Waals surface area contributed by atoms with E-state index in [2.05, 4.69) is 20.5 Å². The molecule has 1 aromatic carbocycles. The van der Waals surface area contributed by atoms with Crippen molar-refractivity contribution in [3.05, 3.63) is 36.2 Å². The number of nitrogens with zero attached hydrogens (tertiary/aromatic N) is 2. The Labute approximate surface area is 143 Å². The monoisotopic (exact) mass is 356 g/mol. The molecule has 0 radical (unpaired) electrons. The van der Waals surface area contributed by atoms with Gasteiger partial charge in [-0.15, -0.1) is 0 Å². The fourth-order valence-corrected chi connectivity index (χ4v) is 2.12. The molecule has 0 bridgehead atoms. The maximum absolute atomic E-state index is 12.5. The molecule has 24 heavy (non-hydrogen) atoms. The molecule has 0 aliphatic rings. The smallest absolute Gasteiger partial charge is 0.387 e. The Morgan fingerprint density at radius 3 is 2.88 bits per heavy atom. The highest BCUT2D eigenvalue weighted by Gasteiger charge is 2.11. The molecule has 2 aromatic rings. The van der Waals surface area contributed by atoms with Crippen molar-refractivity contribution < 1.29 is 18.3 Å². The number of alkyl halides is 2. The van der Waals surface area contributed by atoms with Gasteiger partial charge in [0.05, 0.1) is 23.8 Å². The van der Waals surface area contributed by atoms with E-state index in [1.54, 1.807) is 36.1 Å². The number of aromatic nitrogens is 2. The maximum Gasteiger partial charge on any atom is 0.387 e. The van der Waals surface area contributed by atoms with Gasteiger partial charge < -0.3 is 20.1 Å². The number of nitrogens with one attached hydrogen (secondary N) is 2. The van der Waals surface area contributed by atoms with Crippen LogP contribution in [0.25, 0.3) is 0 Å². The highest BCUT2D eigenvalue weighted by atomic mass is 32.1. The fraction of sp³-hybridized carbons (Fsp3) is 0.333. The van der Waals surface area contributed by atoms with Gasteiger partial charge in [0, 0.05) is 6.61 Å². The van der Waals surface area contributed by atoms with Crippen molar-refractivity contribution in [2.24, 2.45) is 0 Å². The lowest BCUT2D eigenvalue weighted by molar-refractivity contribution is -0.0493. The molecule has 0 fully saturated rings. The first kappa shape index (κ1) is 18.1. The molecule has 0 aliphatic heterocycles. The van der Waals surface area contributed by atoms with Crippen molar-refractivity contribution >= 4 is 28.7 Å². The summed E-state index contributed by atoms with van der Waals surface area (Å²) >= 11 is 5.19. The van der Waals surface area contributed by atoms with E-state index in [9.17, 15) is 8.78 Å². The van der Waals surface area contributed by atoms with Crippen LogP contribution in [0.2, 0.25) is 0 Å². The van der Waals surface area contributed by atoms with Crippen molar-refractivity contribution in [3.63, 3.8) is 0 Å². The van der Waals surface area contributed by atoms with Crippen LogP contribution in [0.1, 0.15) is 12.5 Å². The number of benzene rings is 1. The molecule has 2 rings (SSSR count). The first-order chi connectivity index (χ1) is 11.5. The largest absolute Gasteiger partial charge is 0.433 e. The number of halogens is 2. The predicted molar refractivity (Wildman–Crippen MR) is 91.5 cm³/mol. The minimum atomic E-state index is -2.91. The van der Waals surface area contributed by atoms with E-state index in [-0.39, 0.29) is 10.9 Å². The Bertz CT molecular complexity index is 694. The summed E-state index contributed by atoms with van der Waals surface area (Å²) in [6.07, 6.45) is 3.30. The van der Waals surface area contributed by atoms with Crippen LogP contribution >= 0.6 is 12.2 Å². The number of rotatable bonds is 7. The average molecular weight is 356 g/mol. The zero-order chi connectivity index (χ0) is 17.5. The highest BCUT2D eigenvalue weighted by Crippen LogP contribution is 2.27. The third-order valence-corrected chi connectivity index (χ3v) is 3.12. The van der Waals surface area contributed by atoms with Crippen molar-refractivity contribution in [2.75, 3.05) is 17.2 Å². The molecule has 130 valence electrons. The van der Waals surface area contributed by atoms with Crippen LogP contribution in [-0.4, -0.2) is 28.1 Å². The van der Waals surface area contributed by atoms with Gasteiger partial charge in [-0.25, -0.2) is 4.68 Å². The van der Waals surface area contributed by atoms with E-state index >= 15 is 0 Å². The Hall–Kier alpha value is -2.26. The van der Waals surface area contributed by atoms with Gasteiger partial charge in [-0.2, -0.15) is 13.9 Å². The Morgan fingerprint density at radius 2 is 2.17 bits per heavy atom. The lowest BCUT2D eigenvalue weighted by Crippen LogP contribution is -2.19. The van der Waals surface area contributed by atoms with Gasteiger partial charge in [0.15, 0.2) is 5.11 Å². The number of hydrogen-bond donors (Lipinski definition) is 2. The highest BCUT2D eigenvalue weighted by molar-refractivity contribution is 7.80. The first-order valence-electron chi connectivity index (χ1n) is 7.21. The van der Waals surface area contributed by atoms with Crippen LogP contribution in [0.5, 0.6) is 5.75 Å². The van der Waals surface area contributed by atoms with Crippen LogP contribution in [0, 0.1) is 6.92 Å². The zero-order valence-electron chi connectivity index (χ0n) is 13.3. The number of hydrogen-bond acceptors (Lipinski definition) is 4. The van der Waals surface area contributed by atoms with Gasteiger partial charge >= 0.3 is 6.61 Å².